The zero-order valence-corrected chi connectivity index (χ0v) is 12.9. The minimum atomic E-state index is 0.117. The average Bonchev–Trinajstić information content (AvgIpc) is 2.81. The molecule has 0 saturated heterocycles. The Morgan fingerprint density at radius 3 is 2.67 bits per heavy atom. The first-order chi connectivity index (χ1) is 10.2. The number of anilines is 1. The molecule has 2 heteroatoms. The Balaban J connectivity index is 1.69. The molecule has 2 atom stereocenters. The molecule has 0 bridgehead atoms. The first-order valence-electron chi connectivity index (χ1n) is 7.82. The van der Waals surface area contributed by atoms with Crippen molar-refractivity contribution in [2.75, 3.05) is 11.4 Å². The highest BCUT2D eigenvalue weighted by atomic mass is 15.2. The molecular formula is C19H24N2. The minimum Gasteiger partial charge on any atom is -0.368 e. The smallest absolute Gasteiger partial charge is 0.0402 e. The van der Waals surface area contributed by atoms with Gasteiger partial charge in [-0.2, -0.15) is 0 Å². The quantitative estimate of drug-likeness (QED) is 0.922. The lowest BCUT2D eigenvalue weighted by Crippen LogP contribution is -2.32. The van der Waals surface area contributed by atoms with Crippen LogP contribution in [-0.4, -0.2) is 12.6 Å². The topological polar surface area (TPSA) is 29.3 Å². The van der Waals surface area contributed by atoms with Crippen molar-refractivity contribution in [3.8, 4) is 0 Å². The second-order valence-corrected chi connectivity index (χ2v) is 6.13. The predicted octanol–water partition coefficient (Wildman–Crippen LogP) is 3.84. The van der Waals surface area contributed by atoms with Gasteiger partial charge in [0.2, 0.25) is 0 Å². The van der Waals surface area contributed by atoms with E-state index < -0.39 is 0 Å². The van der Waals surface area contributed by atoms with Crippen molar-refractivity contribution in [2.24, 2.45) is 5.73 Å². The number of fused-ring (bicyclic) bond motifs is 1. The van der Waals surface area contributed by atoms with Crippen LogP contribution >= 0.6 is 0 Å². The van der Waals surface area contributed by atoms with Gasteiger partial charge in [0.05, 0.1) is 0 Å². The third kappa shape index (κ3) is 2.81. The summed E-state index contributed by atoms with van der Waals surface area (Å²) in [6.45, 7) is 5.47. The maximum atomic E-state index is 6.41. The van der Waals surface area contributed by atoms with Crippen LogP contribution in [0.3, 0.4) is 0 Å². The molecule has 0 aromatic heterocycles. The van der Waals surface area contributed by atoms with Gasteiger partial charge in [-0.05, 0) is 49.4 Å². The van der Waals surface area contributed by atoms with E-state index >= 15 is 0 Å². The Morgan fingerprint density at radius 2 is 1.86 bits per heavy atom. The molecule has 0 fully saturated rings. The summed E-state index contributed by atoms with van der Waals surface area (Å²) in [4.78, 5) is 2.51. The molecule has 0 saturated carbocycles. The van der Waals surface area contributed by atoms with E-state index in [1.165, 1.54) is 22.4 Å². The van der Waals surface area contributed by atoms with Crippen molar-refractivity contribution < 1.29 is 0 Å². The number of hydrogen-bond donors (Lipinski definition) is 1. The van der Waals surface area contributed by atoms with E-state index in [-0.39, 0.29) is 6.04 Å². The number of aryl methyl sites for hydroxylation is 1. The number of hydrogen-bond acceptors (Lipinski definition) is 2. The second kappa shape index (κ2) is 5.90. The molecule has 1 aliphatic rings. The highest BCUT2D eigenvalue weighted by molar-refractivity contribution is 5.59. The summed E-state index contributed by atoms with van der Waals surface area (Å²) < 4.78 is 0. The van der Waals surface area contributed by atoms with Gasteiger partial charge in [-0.15, -0.1) is 0 Å². The lowest BCUT2D eigenvalue weighted by Gasteiger charge is -2.27. The van der Waals surface area contributed by atoms with Gasteiger partial charge in [-0.25, -0.2) is 0 Å². The maximum Gasteiger partial charge on any atom is 0.0402 e. The van der Waals surface area contributed by atoms with Crippen LogP contribution in [0, 0.1) is 6.92 Å². The van der Waals surface area contributed by atoms with Gasteiger partial charge in [0.15, 0.2) is 0 Å². The first-order valence-corrected chi connectivity index (χ1v) is 7.82. The fourth-order valence-electron chi connectivity index (χ4n) is 3.41. The van der Waals surface area contributed by atoms with Gasteiger partial charge in [0.1, 0.15) is 0 Å². The third-order valence-electron chi connectivity index (χ3n) is 4.62. The summed E-state index contributed by atoms with van der Waals surface area (Å²) in [6, 6.07) is 17.9. The second-order valence-electron chi connectivity index (χ2n) is 6.13. The number of nitrogens with zero attached hydrogens (tertiary/aromatic N) is 1. The van der Waals surface area contributed by atoms with E-state index in [2.05, 4.69) is 67.3 Å². The van der Waals surface area contributed by atoms with Crippen LogP contribution in [-0.2, 0) is 6.42 Å². The van der Waals surface area contributed by atoms with Crippen molar-refractivity contribution in [1.29, 1.82) is 0 Å². The summed E-state index contributed by atoms with van der Waals surface area (Å²) in [5.74, 6) is 0. The van der Waals surface area contributed by atoms with Crippen LogP contribution in [0.5, 0.6) is 0 Å². The standard InChI is InChI=1S/C19H24N2/c1-14-7-3-5-9-17(14)18(20)11-12-21-15(2)13-16-8-4-6-10-19(16)21/h3-10,15,18H,11-13,20H2,1-2H3. The van der Waals surface area contributed by atoms with Crippen LogP contribution in [0.2, 0.25) is 0 Å². The molecule has 0 radical (unpaired) electrons. The van der Waals surface area contributed by atoms with Gasteiger partial charge in [-0.3, -0.25) is 0 Å². The van der Waals surface area contributed by atoms with Crippen molar-refractivity contribution in [1.82, 2.24) is 0 Å². The van der Waals surface area contributed by atoms with Crippen molar-refractivity contribution in [2.45, 2.75) is 38.8 Å². The van der Waals surface area contributed by atoms with E-state index in [0.717, 1.165) is 19.4 Å². The Morgan fingerprint density at radius 1 is 1.14 bits per heavy atom. The van der Waals surface area contributed by atoms with Crippen LogP contribution in [0.25, 0.3) is 0 Å². The number of benzene rings is 2. The third-order valence-corrected chi connectivity index (χ3v) is 4.62. The van der Waals surface area contributed by atoms with Crippen LogP contribution in [0.4, 0.5) is 5.69 Å². The van der Waals surface area contributed by atoms with E-state index in [0.29, 0.717) is 6.04 Å². The van der Waals surface area contributed by atoms with Gasteiger partial charge < -0.3 is 10.6 Å². The molecule has 0 spiro atoms. The van der Waals surface area contributed by atoms with Crippen molar-refractivity contribution in [3.63, 3.8) is 0 Å². The zero-order valence-electron chi connectivity index (χ0n) is 12.9. The average molecular weight is 280 g/mol. The Hall–Kier alpha value is -1.80. The van der Waals surface area contributed by atoms with Crippen LogP contribution < -0.4 is 10.6 Å². The van der Waals surface area contributed by atoms with E-state index in [4.69, 9.17) is 5.73 Å². The number of nitrogens with two attached hydrogens (primary N) is 1. The fraction of sp³-hybridized carbons (Fsp3) is 0.368. The molecule has 2 N–H and O–H groups in total. The molecule has 21 heavy (non-hydrogen) atoms. The van der Waals surface area contributed by atoms with Gasteiger partial charge in [-0.1, -0.05) is 42.5 Å². The SMILES string of the molecule is Cc1ccccc1C(N)CCN1c2ccccc2CC1C. The lowest BCUT2D eigenvalue weighted by molar-refractivity contribution is 0.590. The minimum absolute atomic E-state index is 0.117. The Bertz CT molecular complexity index is 620. The molecule has 0 aliphatic carbocycles. The Kier molecular flexibility index (Phi) is 3.98. The number of para-hydroxylation sites is 1. The summed E-state index contributed by atoms with van der Waals surface area (Å²) in [5, 5.41) is 0. The summed E-state index contributed by atoms with van der Waals surface area (Å²) in [5.41, 5.74) is 11.8. The van der Waals surface area contributed by atoms with Gasteiger partial charge >= 0.3 is 0 Å². The Labute approximate surface area is 127 Å². The molecule has 2 unspecified atom stereocenters. The van der Waals surface area contributed by atoms with Crippen molar-refractivity contribution in [3.05, 3.63) is 65.2 Å². The molecule has 2 aromatic rings. The van der Waals surface area contributed by atoms with Gasteiger partial charge in [0.25, 0.3) is 0 Å². The lowest BCUT2D eigenvalue weighted by atomic mass is 9.99. The molecule has 3 rings (SSSR count). The zero-order chi connectivity index (χ0) is 14.8. The predicted molar refractivity (Wildman–Crippen MR) is 89.7 cm³/mol. The molecule has 110 valence electrons. The van der Waals surface area contributed by atoms with Crippen molar-refractivity contribution >= 4 is 5.69 Å². The normalized spacial score (nSPS) is 18.6. The highest BCUT2D eigenvalue weighted by Gasteiger charge is 2.25. The summed E-state index contributed by atoms with van der Waals surface area (Å²) in [7, 11) is 0. The van der Waals surface area contributed by atoms with E-state index in [1.807, 2.05) is 0 Å². The fourth-order valence-corrected chi connectivity index (χ4v) is 3.41. The van der Waals surface area contributed by atoms with Crippen LogP contribution in [0.1, 0.15) is 36.1 Å². The molecule has 0 amide bonds. The van der Waals surface area contributed by atoms with Gasteiger partial charge in [0, 0.05) is 24.3 Å². The summed E-state index contributed by atoms with van der Waals surface area (Å²) >= 11 is 0. The summed E-state index contributed by atoms with van der Waals surface area (Å²) in [6.07, 6.45) is 2.14. The van der Waals surface area contributed by atoms with E-state index in [9.17, 15) is 0 Å². The molecular weight excluding hydrogens is 256 g/mol. The molecule has 1 aliphatic heterocycles. The molecule has 1 heterocycles. The maximum absolute atomic E-state index is 6.41. The first kappa shape index (κ1) is 14.2. The number of rotatable bonds is 4. The van der Waals surface area contributed by atoms with Crippen LogP contribution in [0.15, 0.2) is 48.5 Å². The molecule has 2 nitrogen and oxygen atoms in total. The van der Waals surface area contributed by atoms with E-state index in [1.54, 1.807) is 0 Å². The molecule has 2 aromatic carbocycles. The largest absolute Gasteiger partial charge is 0.368 e. The monoisotopic (exact) mass is 280 g/mol. The highest BCUT2D eigenvalue weighted by Crippen LogP contribution is 2.32.